The third-order valence-electron chi connectivity index (χ3n) is 2.04. The van der Waals surface area contributed by atoms with Gasteiger partial charge in [-0.05, 0) is 6.92 Å². The van der Waals surface area contributed by atoms with E-state index in [2.05, 4.69) is 10.6 Å². The molecule has 88 valence electrons. The number of hydrogen-bond donors (Lipinski definition) is 3. The van der Waals surface area contributed by atoms with Gasteiger partial charge in [0.05, 0.1) is 19.3 Å². The first-order valence-electron chi connectivity index (χ1n) is 4.52. The molecule has 0 aromatic rings. The smallest absolute Gasteiger partial charge is 0.240 e. The Hall–Kier alpha value is -0.850. The molecule has 0 saturated carbocycles. The zero-order chi connectivity index (χ0) is 10.6. The summed E-state index contributed by atoms with van der Waals surface area (Å²) in [5.41, 5.74) is 4.90. The summed E-state index contributed by atoms with van der Waals surface area (Å²) in [6.45, 7) is 2.91. The lowest BCUT2D eigenvalue weighted by molar-refractivity contribution is -0.130. The third kappa shape index (κ3) is 4.46. The Balaban J connectivity index is 0.00000196. The summed E-state index contributed by atoms with van der Waals surface area (Å²) in [6.07, 6.45) is -0.184. The number of nitrogens with one attached hydrogen (secondary N) is 2. The summed E-state index contributed by atoms with van der Waals surface area (Å²) in [4.78, 5) is 21.9. The van der Waals surface area contributed by atoms with E-state index in [-0.39, 0.29) is 31.0 Å². The molecule has 7 heteroatoms. The molecule has 1 aliphatic rings. The number of amides is 2. The highest BCUT2D eigenvalue weighted by atomic mass is 35.5. The monoisotopic (exact) mass is 237 g/mol. The Morgan fingerprint density at radius 3 is 2.80 bits per heavy atom. The molecule has 0 spiro atoms. The molecule has 2 amide bonds. The van der Waals surface area contributed by atoms with Crippen LogP contribution in [0.1, 0.15) is 6.92 Å². The number of ether oxygens (including phenoxy) is 1. The van der Waals surface area contributed by atoms with Crippen molar-refractivity contribution in [3.05, 3.63) is 0 Å². The van der Waals surface area contributed by atoms with Gasteiger partial charge in [-0.2, -0.15) is 0 Å². The van der Waals surface area contributed by atoms with Crippen molar-refractivity contribution in [1.82, 2.24) is 10.6 Å². The Kier molecular flexibility index (Phi) is 6.23. The van der Waals surface area contributed by atoms with Crippen molar-refractivity contribution in [2.45, 2.75) is 19.1 Å². The molecular formula is C8H16ClN3O3. The molecule has 1 rings (SSSR count). The summed E-state index contributed by atoms with van der Waals surface area (Å²) in [6, 6.07) is -0.400. The molecule has 0 aromatic heterocycles. The molecule has 1 aliphatic heterocycles. The van der Waals surface area contributed by atoms with Crippen molar-refractivity contribution in [2.75, 3.05) is 19.7 Å². The molecule has 1 heterocycles. The molecule has 0 unspecified atom stereocenters. The van der Waals surface area contributed by atoms with Gasteiger partial charge in [-0.3, -0.25) is 9.59 Å². The van der Waals surface area contributed by atoms with E-state index in [1.165, 1.54) is 0 Å². The Bertz CT molecular complexity index is 237. The van der Waals surface area contributed by atoms with Crippen molar-refractivity contribution in [3.63, 3.8) is 0 Å². The highest BCUT2D eigenvalue weighted by molar-refractivity contribution is 5.87. The lowest BCUT2D eigenvalue weighted by Crippen LogP contribution is -2.56. The zero-order valence-corrected chi connectivity index (χ0v) is 9.30. The van der Waals surface area contributed by atoms with Crippen LogP contribution in [0.2, 0.25) is 0 Å². The van der Waals surface area contributed by atoms with E-state index in [9.17, 15) is 9.59 Å². The maximum atomic E-state index is 11.5. The van der Waals surface area contributed by atoms with E-state index in [0.717, 1.165) is 0 Å². The Morgan fingerprint density at radius 2 is 2.27 bits per heavy atom. The van der Waals surface area contributed by atoms with Gasteiger partial charge in [0.25, 0.3) is 0 Å². The summed E-state index contributed by atoms with van der Waals surface area (Å²) >= 11 is 0. The minimum atomic E-state index is -0.553. The van der Waals surface area contributed by atoms with Gasteiger partial charge in [-0.25, -0.2) is 0 Å². The topological polar surface area (TPSA) is 93.4 Å². The van der Waals surface area contributed by atoms with E-state index >= 15 is 0 Å². The lowest BCUT2D eigenvalue weighted by Gasteiger charge is -2.29. The minimum absolute atomic E-state index is 0. The van der Waals surface area contributed by atoms with Crippen LogP contribution in [0.25, 0.3) is 0 Å². The zero-order valence-electron chi connectivity index (χ0n) is 8.49. The van der Waals surface area contributed by atoms with Gasteiger partial charge >= 0.3 is 0 Å². The van der Waals surface area contributed by atoms with Crippen molar-refractivity contribution < 1.29 is 14.3 Å². The first-order chi connectivity index (χ1) is 6.61. The molecule has 1 fully saturated rings. The maximum absolute atomic E-state index is 11.5. The van der Waals surface area contributed by atoms with Crippen LogP contribution in [0.3, 0.4) is 0 Å². The third-order valence-corrected chi connectivity index (χ3v) is 2.04. The largest absolute Gasteiger partial charge is 0.375 e. The fraction of sp³-hybridized carbons (Fsp3) is 0.750. The first kappa shape index (κ1) is 14.2. The molecule has 2 atom stereocenters. The van der Waals surface area contributed by atoms with Crippen molar-refractivity contribution >= 4 is 24.2 Å². The van der Waals surface area contributed by atoms with Gasteiger partial charge in [-0.15, -0.1) is 12.4 Å². The van der Waals surface area contributed by atoms with E-state index in [4.69, 9.17) is 10.5 Å². The van der Waals surface area contributed by atoms with Crippen molar-refractivity contribution in [3.8, 4) is 0 Å². The van der Waals surface area contributed by atoms with Crippen LogP contribution in [0.4, 0.5) is 0 Å². The summed E-state index contributed by atoms with van der Waals surface area (Å²) < 4.78 is 5.28. The summed E-state index contributed by atoms with van der Waals surface area (Å²) in [7, 11) is 0. The average molecular weight is 238 g/mol. The number of morpholine rings is 1. The van der Waals surface area contributed by atoms with Crippen LogP contribution >= 0.6 is 12.4 Å². The fourth-order valence-corrected chi connectivity index (χ4v) is 1.31. The van der Waals surface area contributed by atoms with E-state index in [0.29, 0.717) is 13.2 Å². The average Bonchev–Trinajstić information content (AvgIpc) is 2.15. The lowest BCUT2D eigenvalue weighted by atomic mass is 10.1. The number of nitrogens with two attached hydrogens (primary N) is 1. The molecule has 0 bridgehead atoms. The second kappa shape index (κ2) is 6.60. The second-order valence-electron chi connectivity index (χ2n) is 3.19. The quantitative estimate of drug-likeness (QED) is 0.550. The molecule has 0 aromatic carbocycles. The van der Waals surface area contributed by atoms with Gasteiger partial charge in [0.15, 0.2) is 0 Å². The number of carbonyl (C=O) groups excluding carboxylic acids is 2. The SMILES string of the molecule is C[C@H]1OCCN[C@@H]1C(=O)NCC(N)=O.Cl. The second-order valence-corrected chi connectivity index (χ2v) is 3.19. The normalized spacial score (nSPS) is 25.1. The highest BCUT2D eigenvalue weighted by Crippen LogP contribution is 2.03. The molecule has 6 nitrogen and oxygen atoms in total. The number of carbonyl (C=O) groups is 2. The molecule has 1 saturated heterocycles. The summed E-state index contributed by atoms with van der Waals surface area (Å²) in [5.74, 6) is -0.807. The number of primary amides is 1. The predicted molar refractivity (Wildman–Crippen MR) is 56.7 cm³/mol. The Labute approximate surface area is 94.3 Å². The van der Waals surface area contributed by atoms with Gasteiger partial charge in [0.2, 0.25) is 11.8 Å². The van der Waals surface area contributed by atoms with E-state index in [1.54, 1.807) is 6.92 Å². The fourth-order valence-electron chi connectivity index (χ4n) is 1.31. The summed E-state index contributed by atoms with van der Waals surface area (Å²) in [5, 5.41) is 5.43. The highest BCUT2D eigenvalue weighted by Gasteiger charge is 2.27. The van der Waals surface area contributed by atoms with E-state index < -0.39 is 11.9 Å². The van der Waals surface area contributed by atoms with Crippen LogP contribution in [0, 0.1) is 0 Å². The maximum Gasteiger partial charge on any atom is 0.240 e. The van der Waals surface area contributed by atoms with Gasteiger partial charge in [0, 0.05) is 6.54 Å². The molecule has 0 radical (unpaired) electrons. The minimum Gasteiger partial charge on any atom is -0.375 e. The predicted octanol–water partition coefficient (Wildman–Crippen LogP) is -1.61. The van der Waals surface area contributed by atoms with Gasteiger partial charge in [-0.1, -0.05) is 0 Å². The number of rotatable bonds is 3. The van der Waals surface area contributed by atoms with Crippen LogP contribution in [0.15, 0.2) is 0 Å². The van der Waals surface area contributed by atoms with Gasteiger partial charge in [0.1, 0.15) is 6.04 Å². The van der Waals surface area contributed by atoms with Gasteiger partial charge < -0.3 is 21.1 Å². The van der Waals surface area contributed by atoms with Crippen molar-refractivity contribution in [2.24, 2.45) is 5.73 Å². The molecular weight excluding hydrogens is 222 g/mol. The van der Waals surface area contributed by atoms with Crippen molar-refractivity contribution in [1.29, 1.82) is 0 Å². The Morgan fingerprint density at radius 1 is 1.60 bits per heavy atom. The molecule has 4 N–H and O–H groups in total. The van der Waals surface area contributed by atoms with Crippen LogP contribution < -0.4 is 16.4 Å². The van der Waals surface area contributed by atoms with E-state index in [1.807, 2.05) is 0 Å². The molecule has 0 aliphatic carbocycles. The first-order valence-corrected chi connectivity index (χ1v) is 4.52. The van der Waals surface area contributed by atoms with Crippen LogP contribution in [-0.4, -0.2) is 43.7 Å². The number of hydrogen-bond acceptors (Lipinski definition) is 4. The van der Waals surface area contributed by atoms with Crippen LogP contribution in [-0.2, 0) is 14.3 Å². The molecule has 15 heavy (non-hydrogen) atoms. The van der Waals surface area contributed by atoms with Crippen LogP contribution in [0.5, 0.6) is 0 Å². The number of halogens is 1. The standard InChI is InChI=1S/C8H15N3O3.ClH/c1-5-7(10-2-3-14-5)8(13)11-4-6(9)12;/h5,7,10H,2-4H2,1H3,(H2,9,12)(H,11,13);1H/t5-,7+;/m1./s1.